The van der Waals surface area contributed by atoms with Gasteiger partial charge in [-0.25, -0.2) is 9.97 Å². The molecule has 2 heterocycles. The number of nitrogens with zero attached hydrogens (tertiary/aromatic N) is 3. The number of alkyl halides is 3. The molecule has 0 bridgehead atoms. The second-order valence-corrected chi connectivity index (χ2v) is 8.69. The first-order valence-electron chi connectivity index (χ1n) is 11.3. The summed E-state index contributed by atoms with van der Waals surface area (Å²) in [4.78, 5) is 19.5. The van der Waals surface area contributed by atoms with Gasteiger partial charge in [0.1, 0.15) is 17.4 Å². The zero-order chi connectivity index (χ0) is 25.3. The number of hydrogen-bond donors (Lipinski definition) is 2. The first kappa shape index (κ1) is 24.6. The van der Waals surface area contributed by atoms with Crippen LogP contribution >= 0.6 is 0 Å². The van der Waals surface area contributed by atoms with Crippen LogP contribution in [0.2, 0.25) is 0 Å². The molecule has 1 aliphatic heterocycles. The Kier molecular flexibility index (Phi) is 6.79. The minimum absolute atomic E-state index is 0.128. The van der Waals surface area contributed by atoms with Crippen LogP contribution in [0.3, 0.4) is 0 Å². The number of non-ortho nitro benzene ring substituents is 1. The fraction of sp³-hybridized carbons (Fsp3) is 0.417. The number of hydrogen-bond acceptors (Lipinski definition) is 7. The molecule has 11 heteroatoms. The van der Waals surface area contributed by atoms with Crippen molar-refractivity contribution in [2.75, 3.05) is 25.5 Å². The van der Waals surface area contributed by atoms with Crippen molar-refractivity contribution < 1.29 is 22.8 Å². The Morgan fingerprint density at radius 1 is 1.17 bits per heavy atom. The predicted molar refractivity (Wildman–Crippen MR) is 126 cm³/mol. The highest BCUT2D eigenvalue weighted by Gasteiger charge is 2.33. The van der Waals surface area contributed by atoms with E-state index in [0.717, 1.165) is 49.4 Å². The van der Waals surface area contributed by atoms with Crippen molar-refractivity contribution in [2.24, 2.45) is 0 Å². The van der Waals surface area contributed by atoms with Crippen LogP contribution in [-0.2, 0) is 6.18 Å². The number of halogens is 3. The number of methoxy groups -OCH3 is 1. The van der Waals surface area contributed by atoms with Gasteiger partial charge in [-0.2, -0.15) is 13.2 Å². The maximum atomic E-state index is 13.4. The lowest BCUT2D eigenvalue weighted by Crippen LogP contribution is -2.26. The van der Waals surface area contributed by atoms with Gasteiger partial charge in [-0.15, -0.1) is 0 Å². The summed E-state index contributed by atoms with van der Waals surface area (Å²) in [5, 5.41) is 18.5. The molecule has 0 radical (unpaired) electrons. The monoisotopic (exact) mass is 489 g/mol. The Morgan fingerprint density at radius 2 is 1.89 bits per heavy atom. The van der Waals surface area contributed by atoms with Crippen LogP contribution in [0.25, 0.3) is 10.9 Å². The van der Waals surface area contributed by atoms with Gasteiger partial charge in [-0.05, 0) is 69.0 Å². The number of aryl methyl sites for hydroxylation is 1. The second-order valence-electron chi connectivity index (χ2n) is 8.69. The molecule has 1 fully saturated rings. The highest BCUT2D eigenvalue weighted by Crippen LogP contribution is 2.38. The van der Waals surface area contributed by atoms with Crippen LogP contribution in [0.15, 0.2) is 30.3 Å². The van der Waals surface area contributed by atoms with Crippen LogP contribution in [-0.4, -0.2) is 35.1 Å². The first-order chi connectivity index (χ1) is 16.6. The van der Waals surface area contributed by atoms with Crippen LogP contribution in [0.4, 0.5) is 24.7 Å². The molecule has 1 aromatic heterocycles. The number of ether oxygens (including phenoxy) is 1. The van der Waals surface area contributed by atoms with Crippen molar-refractivity contribution in [3.63, 3.8) is 0 Å². The van der Waals surface area contributed by atoms with Gasteiger partial charge >= 0.3 is 6.18 Å². The number of rotatable bonds is 6. The zero-order valence-electron chi connectivity index (χ0n) is 19.6. The third kappa shape index (κ3) is 5.29. The number of nitro benzene ring substituents is 1. The van der Waals surface area contributed by atoms with E-state index in [4.69, 9.17) is 4.74 Å². The normalized spacial score (nSPS) is 15.7. The summed E-state index contributed by atoms with van der Waals surface area (Å²) >= 11 is 0. The van der Waals surface area contributed by atoms with Crippen molar-refractivity contribution in [1.29, 1.82) is 0 Å². The van der Waals surface area contributed by atoms with Gasteiger partial charge < -0.3 is 15.4 Å². The molecular formula is C24H26F3N5O3. The Hall–Kier alpha value is -3.47. The first-order valence-corrected chi connectivity index (χ1v) is 11.3. The summed E-state index contributed by atoms with van der Waals surface area (Å²) in [5.41, 5.74) is 0.0984. The summed E-state index contributed by atoms with van der Waals surface area (Å²) < 4.78 is 45.8. The molecule has 4 rings (SSSR count). The minimum atomic E-state index is -4.71. The Labute approximate surface area is 200 Å². The van der Waals surface area contributed by atoms with E-state index in [9.17, 15) is 23.3 Å². The van der Waals surface area contributed by atoms with E-state index in [1.807, 2.05) is 12.1 Å². The van der Waals surface area contributed by atoms with Gasteiger partial charge in [-0.1, -0.05) is 0 Å². The Bertz CT molecular complexity index is 1260. The summed E-state index contributed by atoms with van der Waals surface area (Å²) in [5.74, 6) is 1.93. The maximum absolute atomic E-state index is 13.4. The van der Waals surface area contributed by atoms with E-state index in [2.05, 4.69) is 20.6 Å². The lowest BCUT2D eigenvalue weighted by atomic mass is 9.88. The second kappa shape index (κ2) is 9.65. The summed E-state index contributed by atoms with van der Waals surface area (Å²) in [7, 11) is 1.61. The maximum Gasteiger partial charge on any atom is 0.416 e. The fourth-order valence-corrected chi connectivity index (χ4v) is 4.47. The molecule has 0 aliphatic carbocycles. The summed E-state index contributed by atoms with van der Waals surface area (Å²) in [6.45, 7) is 5.15. The molecule has 2 N–H and O–H groups in total. The van der Waals surface area contributed by atoms with Crippen molar-refractivity contribution in [3.8, 4) is 5.75 Å². The van der Waals surface area contributed by atoms with Gasteiger partial charge in [0.2, 0.25) is 0 Å². The van der Waals surface area contributed by atoms with E-state index in [0.29, 0.717) is 28.6 Å². The number of nitrogens with one attached hydrogen (secondary N) is 2. The van der Waals surface area contributed by atoms with Crippen LogP contribution in [0.5, 0.6) is 5.75 Å². The fourth-order valence-electron chi connectivity index (χ4n) is 4.47. The Morgan fingerprint density at radius 3 is 2.51 bits per heavy atom. The average Bonchev–Trinajstić information content (AvgIpc) is 2.82. The standard InChI is InChI=1S/C24H26F3N5O3/c1-13(16-8-17(24(25,26)27)10-18(9-16)32(33)34)29-23-20-11-19(15-4-6-28-7-5-15)22(35-3)12-21(20)30-14(2)31-23/h8-13,15,28H,4-7H2,1-3H3,(H,29,30,31). The third-order valence-corrected chi connectivity index (χ3v) is 6.27. The van der Waals surface area contributed by atoms with Gasteiger partial charge in [0.25, 0.3) is 5.69 Å². The lowest BCUT2D eigenvalue weighted by molar-refractivity contribution is -0.385. The molecular weight excluding hydrogens is 463 g/mol. The minimum Gasteiger partial charge on any atom is -0.496 e. The summed E-state index contributed by atoms with van der Waals surface area (Å²) in [6, 6.07) is 5.74. The number of benzene rings is 2. The Balaban J connectivity index is 1.77. The van der Waals surface area contributed by atoms with Gasteiger partial charge in [0, 0.05) is 23.6 Å². The SMILES string of the molecule is COc1cc2nc(C)nc(NC(C)c3cc([N+](=O)[O-])cc(C(F)(F)F)c3)c2cc1C1CCNCC1. The topological polar surface area (TPSA) is 102 Å². The molecule has 0 spiro atoms. The van der Waals surface area contributed by atoms with E-state index >= 15 is 0 Å². The number of fused-ring (bicyclic) bond motifs is 1. The predicted octanol–water partition coefficient (Wildman–Crippen LogP) is 5.51. The van der Waals surface area contributed by atoms with Crippen molar-refractivity contribution >= 4 is 22.4 Å². The van der Waals surface area contributed by atoms with Crippen LogP contribution in [0.1, 0.15) is 54.2 Å². The average molecular weight is 489 g/mol. The molecule has 8 nitrogen and oxygen atoms in total. The smallest absolute Gasteiger partial charge is 0.416 e. The molecule has 186 valence electrons. The molecule has 1 aliphatic rings. The van der Waals surface area contributed by atoms with Crippen molar-refractivity contribution in [2.45, 2.75) is 44.8 Å². The van der Waals surface area contributed by atoms with Crippen molar-refractivity contribution in [3.05, 3.63) is 63.0 Å². The van der Waals surface area contributed by atoms with Gasteiger partial charge in [0.05, 0.1) is 29.2 Å². The number of piperidine rings is 1. The number of nitro groups is 1. The number of aromatic nitrogens is 2. The highest BCUT2D eigenvalue weighted by atomic mass is 19.4. The zero-order valence-corrected chi connectivity index (χ0v) is 19.6. The van der Waals surface area contributed by atoms with Crippen LogP contribution in [0, 0.1) is 17.0 Å². The van der Waals surface area contributed by atoms with Crippen molar-refractivity contribution in [1.82, 2.24) is 15.3 Å². The molecule has 35 heavy (non-hydrogen) atoms. The lowest BCUT2D eigenvalue weighted by Gasteiger charge is -2.25. The van der Waals surface area contributed by atoms with Crippen LogP contribution < -0.4 is 15.4 Å². The van der Waals surface area contributed by atoms with E-state index in [-0.39, 0.29) is 11.5 Å². The molecule has 2 aromatic carbocycles. The molecule has 3 aromatic rings. The third-order valence-electron chi connectivity index (χ3n) is 6.27. The molecule has 1 atom stereocenters. The summed E-state index contributed by atoms with van der Waals surface area (Å²) in [6.07, 6.45) is -2.82. The highest BCUT2D eigenvalue weighted by molar-refractivity contribution is 5.91. The van der Waals surface area contributed by atoms with Gasteiger partial charge in [0.15, 0.2) is 0 Å². The van der Waals surface area contributed by atoms with E-state index in [1.54, 1.807) is 21.0 Å². The largest absolute Gasteiger partial charge is 0.496 e. The van der Waals surface area contributed by atoms with E-state index < -0.39 is 28.4 Å². The molecule has 0 saturated carbocycles. The van der Waals surface area contributed by atoms with E-state index in [1.165, 1.54) is 0 Å². The molecule has 1 unspecified atom stereocenters. The molecule has 0 amide bonds. The van der Waals surface area contributed by atoms with Gasteiger partial charge in [-0.3, -0.25) is 10.1 Å². The quantitative estimate of drug-likeness (QED) is 0.347. The number of anilines is 1. The molecule has 1 saturated heterocycles.